The smallest absolute Gasteiger partial charge is 0.126 e. The Morgan fingerprint density at radius 2 is 2.27 bits per heavy atom. The average Bonchev–Trinajstić information content (AvgIpc) is 2.52. The van der Waals surface area contributed by atoms with Gasteiger partial charge >= 0.3 is 0 Å². The summed E-state index contributed by atoms with van der Waals surface area (Å²) in [7, 11) is 1.69. The Morgan fingerprint density at radius 1 is 1.47 bits per heavy atom. The zero-order chi connectivity index (χ0) is 10.8. The van der Waals surface area contributed by atoms with Gasteiger partial charge < -0.3 is 14.6 Å². The summed E-state index contributed by atoms with van der Waals surface area (Å²) in [5.41, 5.74) is 2.07. The third kappa shape index (κ3) is 1.98. The van der Waals surface area contributed by atoms with Gasteiger partial charge in [-0.15, -0.1) is 0 Å². The molecule has 0 bridgehead atoms. The van der Waals surface area contributed by atoms with Crippen LogP contribution in [0.3, 0.4) is 0 Å². The second-order valence-electron chi connectivity index (χ2n) is 3.88. The van der Waals surface area contributed by atoms with Gasteiger partial charge in [0.1, 0.15) is 18.0 Å². The van der Waals surface area contributed by atoms with E-state index in [0.717, 1.165) is 17.7 Å². The lowest BCUT2D eigenvalue weighted by Gasteiger charge is -2.06. The van der Waals surface area contributed by atoms with Crippen molar-refractivity contribution in [2.45, 2.75) is 25.6 Å². The highest BCUT2D eigenvalue weighted by Gasteiger charge is 2.29. The molecule has 2 atom stereocenters. The molecule has 0 fully saturated rings. The van der Waals surface area contributed by atoms with Crippen LogP contribution in [0.5, 0.6) is 5.75 Å². The molecule has 1 aromatic rings. The summed E-state index contributed by atoms with van der Waals surface area (Å²) in [6, 6.07) is 5.94. The van der Waals surface area contributed by atoms with Crippen LogP contribution in [-0.4, -0.2) is 24.9 Å². The molecule has 1 aromatic carbocycles. The van der Waals surface area contributed by atoms with E-state index < -0.39 is 6.10 Å². The van der Waals surface area contributed by atoms with E-state index in [9.17, 15) is 5.11 Å². The minimum atomic E-state index is -0.498. The van der Waals surface area contributed by atoms with Crippen molar-refractivity contribution in [3.8, 4) is 5.75 Å². The van der Waals surface area contributed by atoms with Gasteiger partial charge in [0.15, 0.2) is 0 Å². The lowest BCUT2D eigenvalue weighted by Crippen LogP contribution is -2.12. The summed E-state index contributed by atoms with van der Waals surface area (Å²) in [6.07, 6.45) is 0.227. The predicted molar refractivity (Wildman–Crippen MR) is 57.1 cm³/mol. The molecule has 0 saturated carbocycles. The van der Waals surface area contributed by atoms with Crippen LogP contribution in [0.1, 0.15) is 24.2 Å². The third-order valence-electron chi connectivity index (χ3n) is 2.75. The van der Waals surface area contributed by atoms with Crippen LogP contribution in [0, 0.1) is 0 Å². The molecule has 0 spiro atoms. The molecular formula is C12H16O3. The monoisotopic (exact) mass is 208 g/mol. The van der Waals surface area contributed by atoms with Gasteiger partial charge in [0.2, 0.25) is 0 Å². The molecule has 0 aromatic heterocycles. The van der Waals surface area contributed by atoms with Crippen LogP contribution in [0.25, 0.3) is 0 Å². The predicted octanol–water partition coefficient (Wildman–Crippen LogP) is 1.69. The number of benzene rings is 1. The Bertz CT molecular complexity index is 349. The number of rotatable bonds is 3. The van der Waals surface area contributed by atoms with Crippen molar-refractivity contribution in [3.05, 3.63) is 29.3 Å². The normalized spacial score (nSPS) is 23.7. The number of methoxy groups -OCH3 is 1. The number of aliphatic hydroxyl groups is 1. The molecule has 2 unspecified atom stereocenters. The molecule has 1 heterocycles. The molecule has 3 heteroatoms. The molecular weight excluding hydrogens is 192 g/mol. The van der Waals surface area contributed by atoms with Crippen molar-refractivity contribution in [3.63, 3.8) is 0 Å². The first-order valence-electron chi connectivity index (χ1n) is 5.19. The molecule has 15 heavy (non-hydrogen) atoms. The second kappa shape index (κ2) is 4.21. The summed E-state index contributed by atoms with van der Waals surface area (Å²) >= 11 is 0. The standard InChI is InChI=1S/C12H16O3/c1-8-12(13)10-7-9(5-6-14-2)3-4-11(10)15-8/h3-4,7-8,12-13H,5-6H2,1-2H3. The number of hydrogen-bond acceptors (Lipinski definition) is 3. The van der Waals surface area contributed by atoms with Gasteiger partial charge in [0, 0.05) is 12.7 Å². The van der Waals surface area contributed by atoms with E-state index >= 15 is 0 Å². The van der Waals surface area contributed by atoms with E-state index in [0.29, 0.717) is 6.61 Å². The Kier molecular flexibility index (Phi) is 2.93. The zero-order valence-corrected chi connectivity index (χ0v) is 9.06. The van der Waals surface area contributed by atoms with E-state index in [-0.39, 0.29) is 6.10 Å². The SMILES string of the molecule is COCCc1ccc2c(c1)C(O)C(C)O2. The summed E-state index contributed by atoms with van der Waals surface area (Å²) in [4.78, 5) is 0. The van der Waals surface area contributed by atoms with E-state index in [1.165, 1.54) is 5.56 Å². The fraction of sp³-hybridized carbons (Fsp3) is 0.500. The van der Waals surface area contributed by atoms with Crippen molar-refractivity contribution in [1.29, 1.82) is 0 Å². The van der Waals surface area contributed by atoms with E-state index in [1.54, 1.807) is 7.11 Å². The van der Waals surface area contributed by atoms with Crippen LogP contribution >= 0.6 is 0 Å². The van der Waals surface area contributed by atoms with Gasteiger partial charge in [0.25, 0.3) is 0 Å². The number of aliphatic hydroxyl groups excluding tert-OH is 1. The van der Waals surface area contributed by atoms with Gasteiger partial charge in [-0.05, 0) is 31.0 Å². The molecule has 3 nitrogen and oxygen atoms in total. The van der Waals surface area contributed by atoms with Gasteiger partial charge in [-0.2, -0.15) is 0 Å². The van der Waals surface area contributed by atoms with Crippen molar-refractivity contribution in [2.24, 2.45) is 0 Å². The maximum Gasteiger partial charge on any atom is 0.126 e. The third-order valence-corrected chi connectivity index (χ3v) is 2.75. The van der Waals surface area contributed by atoms with E-state index in [1.807, 2.05) is 25.1 Å². The molecule has 0 saturated heterocycles. The molecule has 1 N–H and O–H groups in total. The molecule has 1 aliphatic rings. The quantitative estimate of drug-likeness (QED) is 0.821. The van der Waals surface area contributed by atoms with Gasteiger partial charge in [-0.1, -0.05) is 6.07 Å². The van der Waals surface area contributed by atoms with Gasteiger partial charge in [0.05, 0.1) is 6.61 Å². The van der Waals surface area contributed by atoms with Crippen LogP contribution in [-0.2, 0) is 11.2 Å². The van der Waals surface area contributed by atoms with Gasteiger partial charge in [-0.25, -0.2) is 0 Å². The van der Waals surface area contributed by atoms with E-state index in [4.69, 9.17) is 9.47 Å². The summed E-state index contributed by atoms with van der Waals surface area (Å²) in [6.45, 7) is 2.57. The minimum absolute atomic E-state index is 0.141. The second-order valence-corrected chi connectivity index (χ2v) is 3.88. The number of ether oxygens (including phenoxy) is 2. The zero-order valence-electron chi connectivity index (χ0n) is 9.06. The summed E-state index contributed by atoms with van der Waals surface area (Å²) in [5.74, 6) is 0.802. The molecule has 1 aliphatic heterocycles. The van der Waals surface area contributed by atoms with Crippen LogP contribution in [0.4, 0.5) is 0 Å². The Morgan fingerprint density at radius 3 is 3.00 bits per heavy atom. The molecule has 0 amide bonds. The first-order valence-corrected chi connectivity index (χ1v) is 5.19. The van der Waals surface area contributed by atoms with Gasteiger partial charge in [-0.3, -0.25) is 0 Å². The van der Waals surface area contributed by atoms with Crippen molar-refractivity contribution in [2.75, 3.05) is 13.7 Å². The van der Waals surface area contributed by atoms with Crippen LogP contribution < -0.4 is 4.74 Å². The Labute approximate surface area is 89.6 Å². The topological polar surface area (TPSA) is 38.7 Å². The molecule has 2 rings (SSSR count). The maximum atomic E-state index is 9.84. The lowest BCUT2D eigenvalue weighted by molar-refractivity contribution is 0.0795. The highest BCUT2D eigenvalue weighted by molar-refractivity contribution is 5.42. The summed E-state index contributed by atoms with van der Waals surface area (Å²) < 4.78 is 10.5. The molecule has 82 valence electrons. The highest BCUT2D eigenvalue weighted by atomic mass is 16.5. The van der Waals surface area contributed by atoms with E-state index in [2.05, 4.69) is 0 Å². The largest absolute Gasteiger partial charge is 0.487 e. The number of hydrogen-bond donors (Lipinski definition) is 1. The van der Waals surface area contributed by atoms with Crippen molar-refractivity contribution < 1.29 is 14.6 Å². The van der Waals surface area contributed by atoms with Crippen molar-refractivity contribution >= 4 is 0 Å². The first kappa shape index (κ1) is 10.5. The van der Waals surface area contributed by atoms with Crippen LogP contribution in [0.2, 0.25) is 0 Å². The Balaban J connectivity index is 2.20. The maximum absolute atomic E-state index is 9.84. The minimum Gasteiger partial charge on any atom is -0.487 e. The van der Waals surface area contributed by atoms with Crippen LogP contribution in [0.15, 0.2) is 18.2 Å². The fourth-order valence-corrected chi connectivity index (χ4v) is 1.83. The lowest BCUT2D eigenvalue weighted by atomic mass is 10.0. The number of fused-ring (bicyclic) bond motifs is 1. The molecule has 0 aliphatic carbocycles. The molecule has 0 radical (unpaired) electrons. The first-order chi connectivity index (χ1) is 7.22. The Hall–Kier alpha value is -1.06. The fourth-order valence-electron chi connectivity index (χ4n) is 1.83. The van der Waals surface area contributed by atoms with Crippen molar-refractivity contribution in [1.82, 2.24) is 0 Å². The highest BCUT2D eigenvalue weighted by Crippen LogP contribution is 2.36. The average molecular weight is 208 g/mol. The summed E-state index contributed by atoms with van der Waals surface area (Å²) in [5, 5.41) is 9.84.